The molecule has 2 aromatic carbocycles. The summed E-state index contributed by atoms with van der Waals surface area (Å²) in [4.78, 5) is 15.4. The highest BCUT2D eigenvalue weighted by molar-refractivity contribution is 9.10. The van der Waals surface area contributed by atoms with Crippen LogP contribution >= 0.6 is 15.9 Å². The minimum atomic E-state index is -1.01. The third-order valence-corrected chi connectivity index (χ3v) is 3.55. The lowest BCUT2D eigenvalue weighted by Crippen LogP contribution is -2.00. The van der Waals surface area contributed by atoms with Crippen molar-refractivity contribution in [1.29, 1.82) is 0 Å². The van der Waals surface area contributed by atoms with Crippen LogP contribution in [0.4, 0.5) is 0 Å². The number of ether oxygens (including phenoxy) is 1. The van der Waals surface area contributed by atoms with Crippen LogP contribution in [0.25, 0.3) is 10.8 Å². The zero-order chi connectivity index (χ0) is 14.8. The standard InChI is InChI=1S/C16H10BrNO3/c17-10-5-7-11(8-6-10)21-15-13-4-2-1-3-12(13)14(9-18-15)16(19)20/h1-9H,(H,19,20). The summed E-state index contributed by atoms with van der Waals surface area (Å²) in [6.07, 6.45) is 1.32. The summed E-state index contributed by atoms with van der Waals surface area (Å²) in [5, 5.41) is 10.5. The minimum absolute atomic E-state index is 0.161. The number of benzene rings is 2. The fraction of sp³-hybridized carbons (Fsp3) is 0. The first kappa shape index (κ1) is 13.6. The van der Waals surface area contributed by atoms with E-state index in [1.807, 2.05) is 30.3 Å². The fourth-order valence-corrected chi connectivity index (χ4v) is 2.30. The van der Waals surface area contributed by atoms with Gasteiger partial charge < -0.3 is 9.84 Å². The van der Waals surface area contributed by atoms with Gasteiger partial charge in [0.2, 0.25) is 5.88 Å². The molecule has 3 rings (SSSR count). The molecular formula is C16H10BrNO3. The van der Waals surface area contributed by atoms with Gasteiger partial charge in [0.15, 0.2) is 0 Å². The van der Waals surface area contributed by atoms with Gasteiger partial charge in [0.25, 0.3) is 0 Å². The van der Waals surface area contributed by atoms with Crippen molar-refractivity contribution >= 4 is 32.7 Å². The second kappa shape index (κ2) is 5.54. The lowest BCUT2D eigenvalue weighted by molar-refractivity contribution is 0.0698. The molecule has 0 bridgehead atoms. The minimum Gasteiger partial charge on any atom is -0.478 e. The molecule has 1 N–H and O–H groups in total. The van der Waals surface area contributed by atoms with Crippen LogP contribution in [0.1, 0.15) is 10.4 Å². The first-order chi connectivity index (χ1) is 10.1. The molecule has 0 unspecified atom stereocenters. The summed E-state index contributed by atoms with van der Waals surface area (Å²) in [6, 6.07) is 14.5. The van der Waals surface area contributed by atoms with Crippen LogP contribution in [-0.4, -0.2) is 16.1 Å². The number of carboxylic acids is 1. The molecule has 4 nitrogen and oxygen atoms in total. The molecule has 0 saturated carbocycles. The molecule has 0 spiro atoms. The molecule has 0 fully saturated rings. The first-order valence-electron chi connectivity index (χ1n) is 6.19. The summed E-state index contributed by atoms with van der Waals surface area (Å²) in [6.45, 7) is 0. The van der Waals surface area contributed by atoms with Gasteiger partial charge in [-0.15, -0.1) is 0 Å². The first-order valence-corrected chi connectivity index (χ1v) is 6.99. The highest BCUT2D eigenvalue weighted by Crippen LogP contribution is 2.30. The smallest absolute Gasteiger partial charge is 0.337 e. The quantitative estimate of drug-likeness (QED) is 0.761. The number of rotatable bonds is 3. The third kappa shape index (κ3) is 2.73. The van der Waals surface area contributed by atoms with E-state index in [0.29, 0.717) is 22.4 Å². The van der Waals surface area contributed by atoms with E-state index in [4.69, 9.17) is 4.74 Å². The van der Waals surface area contributed by atoms with E-state index in [9.17, 15) is 9.90 Å². The maximum atomic E-state index is 11.2. The van der Waals surface area contributed by atoms with Crippen molar-refractivity contribution in [3.05, 3.63) is 64.8 Å². The average molecular weight is 344 g/mol. The number of nitrogens with zero attached hydrogens (tertiary/aromatic N) is 1. The van der Waals surface area contributed by atoms with Crippen molar-refractivity contribution in [3.63, 3.8) is 0 Å². The topological polar surface area (TPSA) is 59.4 Å². The number of hydrogen-bond donors (Lipinski definition) is 1. The molecule has 0 aliphatic rings. The molecule has 104 valence electrons. The van der Waals surface area contributed by atoms with Gasteiger partial charge in [0, 0.05) is 21.4 Å². The van der Waals surface area contributed by atoms with Crippen molar-refractivity contribution in [2.45, 2.75) is 0 Å². The number of aromatic nitrogens is 1. The van der Waals surface area contributed by atoms with Crippen LogP contribution < -0.4 is 4.74 Å². The molecule has 1 heterocycles. The molecule has 3 aromatic rings. The van der Waals surface area contributed by atoms with Crippen LogP contribution in [0, 0.1) is 0 Å². The van der Waals surface area contributed by atoms with Gasteiger partial charge in [-0.3, -0.25) is 0 Å². The van der Waals surface area contributed by atoms with E-state index in [-0.39, 0.29) is 5.56 Å². The van der Waals surface area contributed by atoms with Crippen molar-refractivity contribution in [3.8, 4) is 11.6 Å². The zero-order valence-electron chi connectivity index (χ0n) is 10.8. The van der Waals surface area contributed by atoms with Gasteiger partial charge in [-0.05, 0) is 30.3 Å². The van der Waals surface area contributed by atoms with Crippen LogP contribution in [0.3, 0.4) is 0 Å². The van der Waals surface area contributed by atoms with Crippen LogP contribution in [0.2, 0.25) is 0 Å². The Morgan fingerprint density at radius 2 is 1.71 bits per heavy atom. The monoisotopic (exact) mass is 343 g/mol. The van der Waals surface area contributed by atoms with E-state index >= 15 is 0 Å². The molecule has 0 saturated heterocycles. The third-order valence-electron chi connectivity index (χ3n) is 3.02. The van der Waals surface area contributed by atoms with Crippen molar-refractivity contribution in [2.75, 3.05) is 0 Å². The number of carbonyl (C=O) groups is 1. The molecule has 0 aliphatic heterocycles. The highest BCUT2D eigenvalue weighted by atomic mass is 79.9. The number of pyridine rings is 1. The lowest BCUT2D eigenvalue weighted by atomic mass is 10.1. The predicted octanol–water partition coefficient (Wildman–Crippen LogP) is 4.49. The van der Waals surface area contributed by atoms with E-state index < -0.39 is 5.97 Å². The fourth-order valence-electron chi connectivity index (χ4n) is 2.03. The van der Waals surface area contributed by atoms with Crippen molar-refractivity contribution < 1.29 is 14.6 Å². The number of carboxylic acid groups (broad SMARTS) is 1. The molecular weight excluding hydrogens is 334 g/mol. The molecule has 0 aliphatic carbocycles. The summed E-state index contributed by atoms with van der Waals surface area (Å²) in [5.74, 6) is 0.0192. The Bertz CT molecular complexity index is 815. The van der Waals surface area contributed by atoms with E-state index in [1.165, 1.54) is 6.20 Å². The Labute approximate surface area is 129 Å². The van der Waals surface area contributed by atoms with Crippen molar-refractivity contribution in [1.82, 2.24) is 4.98 Å². The Kier molecular flexibility index (Phi) is 3.58. The van der Waals surface area contributed by atoms with Gasteiger partial charge >= 0.3 is 5.97 Å². The molecule has 0 amide bonds. The Morgan fingerprint density at radius 1 is 1.05 bits per heavy atom. The van der Waals surface area contributed by atoms with Crippen LogP contribution in [-0.2, 0) is 0 Å². The molecule has 1 aromatic heterocycles. The van der Waals surface area contributed by atoms with Gasteiger partial charge in [-0.2, -0.15) is 0 Å². The van der Waals surface area contributed by atoms with Crippen LogP contribution in [0.15, 0.2) is 59.2 Å². The van der Waals surface area contributed by atoms with Gasteiger partial charge in [0.1, 0.15) is 5.75 Å². The zero-order valence-corrected chi connectivity index (χ0v) is 12.4. The number of fused-ring (bicyclic) bond motifs is 1. The summed E-state index contributed by atoms with van der Waals surface area (Å²) >= 11 is 3.36. The van der Waals surface area contributed by atoms with Crippen molar-refractivity contribution in [2.24, 2.45) is 0 Å². The predicted molar refractivity (Wildman–Crippen MR) is 82.9 cm³/mol. The summed E-state index contributed by atoms with van der Waals surface area (Å²) in [5.41, 5.74) is 0.161. The Morgan fingerprint density at radius 3 is 2.38 bits per heavy atom. The number of hydrogen-bond acceptors (Lipinski definition) is 3. The van der Waals surface area contributed by atoms with Crippen LogP contribution in [0.5, 0.6) is 11.6 Å². The molecule has 0 atom stereocenters. The lowest BCUT2D eigenvalue weighted by Gasteiger charge is -2.09. The van der Waals surface area contributed by atoms with Gasteiger partial charge in [-0.1, -0.05) is 34.1 Å². The maximum absolute atomic E-state index is 11.2. The van der Waals surface area contributed by atoms with Gasteiger partial charge in [0.05, 0.1) is 5.56 Å². The average Bonchev–Trinajstić information content (AvgIpc) is 2.49. The largest absolute Gasteiger partial charge is 0.478 e. The Hall–Kier alpha value is -2.40. The van der Waals surface area contributed by atoms with E-state index in [0.717, 1.165) is 4.47 Å². The SMILES string of the molecule is O=C(O)c1cnc(Oc2ccc(Br)cc2)c2ccccc12. The second-order valence-corrected chi connectivity index (χ2v) is 5.30. The summed E-state index contributed by atoms with van der Waals surface area (Å²) in [7, 11) is 0. The molecule has 5 heteroatoms. The molecule has 0 radical (unpaired) electrons. The normalized spacial score (nSPS) is 10.5. The maximum Gasteiger partial charge on any atom is 0.337 e. The highest BCUT2D eigenvalue weighted by Gasteiger charge is 2.13. The Balaban J connectivity index is 2.09. The van der Waals surface area contributed by atoms with Gasteiger partial charge in [-0.25, -0.2) is 9.78 Å². The second-order valence-electron chi connectivity index (χ2n) is 4.38. The summed E-state index contributed by atoms with van der Waals surface area (Å²) < 4.78 is 6.71. The molecule has 21 heavy (non-hydrogen) atoms. The number of halogens is 1. The van der Waals surface area contributed by atoms with E-state index in [2.05, 4.69) is 20.9 Å². The van der Waals surface area contributed by atoms with E-state index in [1.54, 1.807) is 18.2 Å². The number of aromatic carboxylic acids is 1.